The topological polar surface area (TPSA) is 140 Å². The number of hydrogen-bond donors (Lipinski definition) is 0. The zero-order valence-corrected chi connectivity index (χ0v) is 12.4. The second kappa shape index (κ2) is 6.36. The van der Waals surface area contributed by atoms with Gasteiger partial charge >= 0.3 is 5.69 Å². The molecule has 1 heterocycles. The van der Waals surface area contributed by atoms with Crippen LogP contribution in [0.4, 0.5) is 11.4 Å². The molecule has 1 aromatic carbocycles. The molecule has 0 atom stereocenters. The van der Waals surface area contributed by atoms with Gasteiger partial charge in [-0.15, -0.1) is 0 Å². The van der Waals surface area contributed by atoms with Crippen LogP contribution in [0.1, 0.15) is 5.56 Å². The van der Waals surface area contributed by atoms with E-state index in [1.807, 2.05) is 0 Å². The van der Waals surface area contributed by atoms with Crippen molar-refractivity contribution in [3.8, 4) is 11.8 Å². The summed E-state index contributed by atoms with van der Waals surface area (Å²) in [6.45, 7) is -0.321. The van der Waals surface area contributed by atoms with Crippen LogP contribution in [0.25, 0.3) is 11.0 Å². The van der Waals surface area contributed by atoms with E-state index < -0.39 is 21.2 Å². The van der Waals surface area contributed by atoms with E-state index in [4.69, 9.17) is 14.2 Å². The molecule has 11 nitrogen and oxygen atoms in total. The lowest BCUT2D eigenvalue weighted by Crippen LogP contribution is -2.06. The van der Waals surface area contributed by atoms with E-state index in [1.54, 1.807) is 0 Å². The standard InChI is InChI=1S/C12H12N4O7/c1-21-5-6-8(15(17)18)4-7-9(10(6)16(19)20)14-12(23-3)11(13-7)22-2/h4H,5H2,1-3H3. The number of rotatable bonds is 6. The third-order valence-electron chi connectivity index (χ3n) is 3.01. The maximum absolute atomic E-state index is 11.4. The largest absolute Gasteiger partial charge is 0.477 e. The summed E-state index contributed by atoms with van der Waals surface area (Å²) in [5.41, 5.74) is -1.43. The molecule has 0 bridgehead atoms. The maximum Gasteiger partial charge on any atom is 0.309 e. The van der Waals surface area contributed by atoms with Gasteiger partial charge in [-0.05, 0) is 0 Å². The number of hydrogen-bond acceptors (Lipinski definition) is 9. The molecule has 0 saturated carbocycles. The van der Waals surface area contributed by atoms with E-state index in [0.29, 0.717) is 0 Å². The fourth-order valence-electron chi connectivity index (χ4n) is 2.08. The fraction of sp³-hybridized carbons (Fsp3) is 0.333. The molecule has 0 aliphatic rings. The van der Waals surface area contributed by atoms with E-state index in [-0.39, 0.29) is 35.0 Å². The monoisotopic (exact) mass is 324 g/mol. The minimum Gasteiger partial charge on any atom is -0.477 e. The van der Waals surface area contributed by atoms with Crippen molar-refractivity contribution in [1.29, 1.82) is 0 Å². The first-order chi connectivity index (χ1) is 10.9. The summed E-state index contributed by atoms with van der Waals surface area (Å²) in [7, 11) is 3.88. The van der Waals surface area contributed by atoms with Crippen molar-refractivity contribution in [2.45, 2.75) is 6.61 Å². The van der Waals surface area contributed by atoms with Crippen LogP contribution in [0.15, 0.2) is 6.07 Å². The highest BCUT2D eigenvalue weighted by molar-refractivity contribution is 5.90. The molecule has 1 aromatic heterocycles. The van der Waals surface area contributed by atoms with Crippen LogP contribution in [0, 0.1) is 20.2 Å². The lowest BCUT2D eigenvalue weighted by molar-refractivity contribution is -0.395. The average molecular weight is 324 g/mol. The number of nitro groups is 2. The van der Waals surface area contributed by atoms with Crippen LogP contribution in [-0.2, 0) is 11.3 Å². The fourth-order valence-corrected chi connectivity index (χ4v) is 2.08. The third-order valence-corrected chi connectivity index (χ3v) is 3.01. The smallest absolute Gasteiger partial charge is 0.309 e. The summed E-state index contributed by atoms with van der Waals surface area (Å²) in [4.78, 5) is 29.1. The molecule has 2 rings (SSSR count). The van der Waals surface area contributed by atoms with Gasteiger partial charge in [-0.1, -0.05) is 0 Å². The van der Waals surface area contributed by atoms with Crippen LogP contribution >= 0.6 is 0 Å². The van der Waals surface area contributed by atoms with E-state index >= 15 is 0 Å². The molecule has 2 aromatic rings. The number of methoxy groups -OCH3 is 3. The molecule has 122 valence electrons. The first kappa shape index (κ1) is 16.3. The molecule has 0 fully saturated rings. The van der Waals surface area contributed by atoms with Crippen molar-refractivity contribution >= 4 is 22.4 Å². The molecule has 0 aliphatic heterocycles. The highest BCUT2D eigenvalue weighted by Gasteiger charge is 2.31. The molecule has 0 N–H and O–H groups in total. The van der Waals surface area contributed by atoms with E-state index in [1.165, 1.54) is 21.3 Å². The number of nitro benzene ring substituents is 2. The molecular weight excluding hydrogens is 312 g/mol. The Kier molecular flexibility index (Phi) is 4.50. The Hall–Kier alpha value is -3.08. The van der Waals surface area contributed by atoms with Gasteiger partial charge in [0, 0.05) is 13.2 Å². The van der Waals surface area contributed by atoms with Crippen molar-refractivity contribution in [2.75, 3.05) is 21.3 Å². The van der Waals surface area contributed by atoms with Gasteiger partial charge in [0.1, 0.15) is 11.1 Å². The van der Waals surface area contributed by atoms with Crippen molar-refractivity contribution < 1.29 is 24.1 Å². The number of ether oxygens (including phenoxy) is 3. The minimum absolute atomic E-state index is 0.0388. The molecule has 23 heavy (non-hydrogen) atoms. The molecule has 0 amide bonds. The van der Waals surface area contributed by atoms with Gasteiger partial charge in [0.15, 0.2) is 5.52 Å². The second-order valence-corrected chi connectivity index (χ2v) is 4.28. The average Bonchev–Trinajstić information content (AvgIpc) is 2.52. The summed E-state index contributed by atoms with van der Waals surface area (Å²) in [6.07, 6.45) is 0. The molecule has 0 spiro atoms. The summed E-state index contributed by atoms with van der Waals surface area (Å²) in [5, 5.41) is 22.6. The molecule has 0 aliphatic carbocycles. The summed E-state index contributed by atoms with van der Waals surface area (Å²) < 4.78 is 14.8. The molecule has 0 unspecified atom stereocenters. The Morgan fingerprint density at radius 2 is 1.65 bits per heavy atom. The predicted octanol–water partition coefficient (Wildman–Crippen LogP) is 1.61. The van der Waals surface area contributed by atoms with Crippen LogP contribution < -0.4 is 9.47 Å². The first-order valence-corrected chi connectivity index (χ1v) is 6.17. The zero-order chi connectivity index (χ0) is 17.1. The predicted molar refractivity (Wildman–Crippen MR) is 76.7 cm³/mol. The van der Waals surface area contributed by atoms with Crippen molar-refractivity contribution in [1.82, 2.24) is 9.97 Å². The summed E-state index contributed by atoms with van der Waals surface area (Å²) in [6, 6.07) is 1.09. The Morgan fingerprint density at radius 3 is 2.13 bits per heavy atom. The third kappa shape index (κ3) is 2.81. The van der Waals surface area contributed by atoms with Crippen molar-refractivity contribution in [3.05, 3.63) is 31.9 Å². The normalized spacial score (nSPS) is 10.6. The Labute approximate surface area is 129 Å². The Morgan fingerprint density at radius 1 is 1.04 bits per heavy atom. The summed E-state index contributed by atoms with van der Waals surface area (Å²) in [5.74, 6) is -0.108. The minimum atomic E-state index is -0.760. The van der Waals surface area contributed by atoms with Crippen LogP contribution in [0.3, 0.4) is 0 Å². The van der Waals surface area contributed by atoms with E-state index in [9.17, 15) is 20.2 Å². The van der Waals surface area contributed by atoms with Crippen LogP contribution in [0.5, 0.6) is 11.8 Å². The maximum atomic E-state index is 11.4. The quantitative estimate of drug-likeness (QED) is 0.572. The zero-order valence-electron chi connectivity index (χ0n) is 12.4. The van der Waals surface area contributed by atoms with Gasteiger partial charge in [-0.25, -0.2) is 4.98 Å². The van der Waals surface area contributed by atoms with Gasteiger partial charge in [-0.3, -0.25) is 20.2 Å². The number of aromatic nitrogens is 2. The van der Waals surface area contributed by atoms with Crippen molar-refractivity contribution in [3.63, 3.8) is 0 Å². The number of nitrogens with zero attached hydrogens (tertiary/aromatic N) is 4. The SMILES string of the molecule is COCc1c([N+](=O)[O-])cc2nc(OC)c(OC)nc2c1[N+](=O)[O-]. The van der Waals surface area contributed by atoms with Crippen LogP contribution in [0.2, 0.25) is 0 Å². The number of benzene rings is 1. The van der Waals surface area contributed by atoms with Gasteiger partial charge in [0.05, 0.1) is 30.7 Å². The molecular formula is C12H12N4O7. The van der Waals surface area contributed by atoms with Gasteiger partial charge < -0.3 is 14.2 Å². The van der Waals surface area contributed by atoms with E-state index in [2.05, 4.69) is 9.97 Å². The highest BCUT2D eigenvalue weighted by Crippen LogP contribution is 2.38. The Bertz CT molecular complexity index is 793. The summed E-state index contributed by atoms with van der Waals surface area (Å²) >= 11 is 0. The van der Waals surface area contributed by atoms with Gasteiger partial charge in [-0.2, -0.15) is 4.98 Å². The first-order valence-electron chi connectivity index (χ1n) is 6.17. The molecule has 0 saturated heterocycles. The second-order valence-electron chi connectivity index (χ2n) is 4.28. The number of fused-ring (bicyclic) bond motifs is 1. The lowest BCUT2D eigenvalue weighted by Gasteiger charge is -2.09. The lowest BCUT2D eigenvalue weighted by atomic mass is 10.1. The van der Waals surface area contributed by atoms with Crippen LogP contribution in [-0.4, -0.2) is 41.1 Å². The highest BCUT2D eigenvalue weighted by atomic mass is 16.6. The Balaban J connectivity index is 2.96. The van der Waals surface area contributed by atoms with Crippen molar-refractivity contribution in [2.24, 2.45) is 0 Å². The molecule has 11 heteroatoms. The van der Waals surface area contributed by atoms with E-state index in [0.717, 1.165) is 6.07 Å². The van der Waals surface area contributed by atoms with Gasteiger partial charge in [0.2, 0.25) is 0 Å². The van der Waals surface area contributed by atoms with Gasteiger partial charge in [0.25, 0.3) is 17.4 Å². The molecule has 0 radical (unpaired) electrons.